The maximum atomic E-state index is 11.9. The number of benzene rings is 1. The Kier molecular flexibility index (Phi) is 6.23. The summed E-state index contributed by atoms with van der Waals surface area (Å²) in [6.45, 7) is 0.896. The van der Waals surface area contributed by atoms with Crippen LogP contribution in [0.1, 0.15) is 11.3 Å². The van der Waals surface area contributed by atoms with Crippen LogP contribution in [0.25, 0.3) is 11.1 Å². The van der Waals surface area contributed by atoms with E-state index in [1.54, 1.807) is 41.3 Å². The predicted octanol–water partition coefficient (Wildman–Crippen LogP) is 3.75. The molecule has 0 saturated heterocycles. The van der Waals surface area contributed by atoms with Crippen LogP contribution in [0, 0.1) is 0 Å². The molecule has 0 aliphatic rings. The van der Waals surface area contributed by atoms with Crippen molar-refractivity contribution in [2.24, 2.45) is 0 Å². The summed E-state index contributed by atoms with van der Waals surface area (Å²) in [6, 6.07) is 9.16. The van der Waals surface area contributed by atoms with Crippen molar-refractivity contribution in [3.63, 3.8) is 0 Å². The van der Waals surface area contributed by atoms with Gasteiger partial charge in [-0.3, -0.25) is 9.36 Å². The smallest absolute Gasteiger partial charge is 0.408 e. The number of hydrogen-bond acceptors (Lipinski definition) is 5. The average Bonchev–Trinajstić information content (AvgIpc) is 3.19. The minimum absolute atomic E-state index is 0.0769. The Morgan fingerprint density at radius 3 is 3.04 bits per heavy atom. The number of hydrogen-bond donors (Lipinski definition) is 1. The molecule has 0 radical (unpaired) electrons. The predicted molar refractivity (Wildman–Crippen MR) is 104 cm³/mol. The molecule has 5 nitrogen and oxygen atoms in total. The number of nitrogens with zero attached hydrogens (tertiary/aromatic N) is 1. The molecule has 25 heavy (non-hydrogen) atoms. The number of aromatic nitrogens is 1. The zero-order valence-electron chi connectivity index (χ0n) is 13.4. The highest BCUT2D eigenvalue weighted by atomic mass is 35.5. The van der Waals surface area contributed by atoms with Crippen LogP contribution in [0.4, 0.5) is 0 Å². The van der Waals surface area contributed by atoms with Gasteiger partial charge in [-0.1, -0.05) is 17.7 Å². The van der Waals surface area contributed by atoms with Gasteiger partial charge in [-0.25, -0.2) is 4.79 Å². The van der Waals surface area contributed by atoms with Gasteiger partial charge in [0.25, 0.3) is 0 Å². The molecule has 0 aliphatic heterocycles. The van der Waals surface area contributed by atoms with Gasteiger partial charge in [-0.15, -0.1) is 11.3 Å². The number of carbonyl (C=O) groups is 1. The first kappa shape index (κ1) is 18.1. The fraction of sp³-hybridized carbons (Fsp3) is 0.294. The van der Waals surface area contributed by atoms with Crippen molar-refractivity contribution in [1.29, 1.82) is 0 Å². The Morgan fingerprint density at radius 2 is 2.24 bits per heavy atom. The minimum atomic E-state index is -0.475. The number of fused-ring (bicyclic) bond motifs is 1. The summed E-state index contributed by atoms with van der Waals surface area (Å²) >= 11 is 9.41. The second-order valence-corrected chi connectivity index (χ2v) is 7.94. The fourth-order valence-corrected chi connectivity index (χ4v) is 4.25. The molecule has 0 atom stereocenters. The van der Waals surface area contributed by atoms with Crippen molar-refractivity contribution in [1.82, 2.24) is 9.88 Å². The first-order valence-corrected chi connectivity index (χ1v) is 10.2. The van der Waals surface area contributed by atoms with Gasteiger partial charge >= 0.3 is 5.76 Å². The lowest BCUT2D eigenvalue weighted by molar-refractivity contribution is -0.121. The highest BCUT2D eigenvalue weighted by Crippen LogP contribution is 2.18. The third-order valence-corrected chi connectivity index (χ3v) is 5.89. The summed E-state index contributed by atoms with van der Waals surface area (Å²) < 4.78 is 6.60. The van der Waals surface area contributed by atoms with E-state index in [9.17, 15) is 9.59 Å². The van der Waals surface area contributed by atoms with E-state index in [2.05, 4.69) is 16.8 Å². The third kappa shape index (κ3) is 4.90. The Morgan fingerprint density at radius 1 is 1.36 bits per heavy atom. The van der Waals surface area contributed by atoms with Gasteiger partial charge in [-0.05, 0) is 23.6 Å². The summed E-state index contributed by atoms with van der Waals surface area (Å²) in [5.74, 6) is 1.27. The van der Waals surface area contributed by atoms with E-state index in [0.29, 0.717) is 22.7 Å². The topological polar surface area (TPSA) is 64.2 Å². The van der Waals surface area contributed by atoms with Crippen molar-refractivity contribution in [2.75, 3.05) is 12.3 Å². The van der Waals surface area contributed by atoms with E-state index in [1.165, 1.54) is 9.44 Å². The number of oxazole rings is 1. The maximum Gasteiger partial charge on any atom is 0.419 e. The molecule has 1 aromatic carbocycles. The number of aryl methyl sites for hydroxylation is 1. The Hall–Kier alpha value is -1.70. The molecule has 0 unspecified atom stereocenters. The second-order valence-electron chi connectivity index (χ2n) is 5.36. The molecule has 3 aromatic rings. The summed E-state index contributed by atoms with van der Waals surface area (Å²) in [5.41, 5.74) is 1.08. The molecule has 1 N–H and O–H groups in total. The number of carbonyl (C=O) groups excluding carboxylic acids is 1. The monoisotopic (exact) mass is 396 g/mol. The highest BCUT2D eigenvalue weighted by Gasteiger charge is 2.11. The molecule has 0 saturated carbocycles. The van der Waals surface area contributed by atoms with E-state index in [-0.39, 0.29) is 18.9 Å². The average molecular weight is 397 g/mol. The first-order chi connectivity index (χ1) is 12.1. The van der Waals surface area contributed by atoms with Gasteiger partial charge in [0.1, 0.15) is 0 Å². The van der Waals surface area contributed by atoms with E-state index in [4.69, 9.17) is 16.0 Å². The van der Waals surface area contributed by atoms with Crippen LogP contribution in [0.3, 0.4) is 0 Å². The van der Waals surface area contributed by atoms with Gasteiger partial charge < -0.3 is 9.73 Å². The number of thioether (sulfide) groups is 1. The molecule has 2 heterocycles. The standard InChI is InChI=1S/C17H17ClN2O3S2/c18-12-3-4-14-15(10-12)23-17(22)20(14)7-5-16(21)19-6-9-24-11-13-2-1-8-25-13/h1-4,8,10H,5-7,9,11H2,(H,19,21). The zero-order chi connectivity index (χ0) is 17.6. The van der Waals surface area contributed by atoms with E-state index >= 15 is 0 Å². The molecule has 1 amide bonds. The maximum absolute atomic E-state index is 11.9. The lowest BCUT2D eigenvalue weighted by Gasteiger charge is -2.05. The number of halogens is 1. The van der Waals surface area contributed by atoms with Crippen LogP contribution >= 0.6 is 34.7 Å². The summed E-state index contributed by atoms with van der Waals surface area (Å²) in [6.07, 6.45) is 0.229. The minimum Gasteiger partial charge on any atom is -0.408 e. The van der Waals surface area contributed by atoms with Gasteiger partial charge in [0, 0.05) is 47.0 Å². The van der Waals surface area contributed by atoms with E-state index in [1.807, 2.05) is 6.07 Å². The summed E-state index contributed by atoms with van der Waals surface area (Å²) in [4.78, 5) is 25.2. The lowest BCUT2D eigenvalue weighted by Crippen LogP contribution is -2.28. The molecular weight excluding hydrogens is 380 g/mol. The van der Waals surface area contributed by atoms with Gasteiger partial charge in [0.05, 0.1) is 5.52 Å². The van der Waals surface area contributed by atoms with Crippen molar-refractivity contribution < 1.29 is 9.21 Å². The number of amides is 1. The lowest BCUT2D eigenvalue weighted by atomic mass is 10.3. The largest absolute Gasteiger partial charge is 0.419 e. The van der Waals surface area contributed by atoms with Gasteiger partial charge in [-0.2, -0.15) is 11.8 Å². The second kappa shape index (κ2) is 8.60. The third-order valence-electron chi connectivity index (χ3n) is 3.59. The molecule has 2 aromatic heterocycles. The Labute approximate surface area is 158 Å². The Bertz CT molecular complexity index is 902. The normalized spacial score (nSPS) is 11.1. The van der Waals surface area contributed by atoms with Crippen LogP contribution in [0.2, 0.25) is 5.02 Å². The molecule has 0 aliphatic carbocycles. The SMILES string of the molecule is O=C(CCn1c(=O)oc2cc(Cl)ccc21)NCCSCc1cccs1. The van der Waals surface area contributed by atoms with Crippen molar-refractivity contribution in [3.05, 3.63) is 56.2 Å². The number of nitrogens with one attached hydrogen (secondary N) is 1. The summed E-state index contributed by atoms with van der Waals surface area (Å²) in [7, 11) is 0. The fourth-order valence-electron chi connectivity index (χ4n) is 2.38. The van der Waals surface area contributed by atoms with Crippen LogP contribution in [0.15, 0.2) is 44.9 Å². The molecule has 0 spiro atoms. The zero-order valence-corrected chi connectivity index (χ0v) is 15.8. The first-order valence-electron chi connectivity index (χ1n) is 7.79. The molecule has 3 rings (SSSR count). The number of thiophene rings is 1. The van der Waals surface area contributed by atoms with Crippen LogP contribution in [-0.4, -0.2) is 22.8 Å². The van der Waals surface area contributed by atoms with E-state index < -0.39 is 5.76 Å². The number of rotatable bonds is 8. The molecular formula is C17H17ClN2O3S2. The van der Waals surface area contributed by atoms with Crippen LogP contribution in [0.5, 0.6) is 0 Å². The molecule has 8 heteroatoms. The molecule has 0 fully saturated rings. The van der Waals surface area contributed by atoms with Crippen molar-refractivity contribution in [3.8, 4) is 0 Å². The molecule has 132 valence electrons. The highest BCUT2D eigenvalue weighted by molar-refractivity contribution is 7.98. The van der Waals surface area contributed by atoms with Gasteiger partial charge in [0.2, 0.25) is 5.91 Å². The van der Waals surface area contributed by atoms with E-state index in [0.717, 1.165) is 11.5 Å². The summed E-state index contributed by atoms with van der Waals surface area (Å²) in [5, 5.41) is 5.45. The quantitative estimate of drug-likeness (QED) is 0.589. The van der Waals surface area contributed by atoms with Crippen LogP contribution < -0.4 is 11.1 Å². The molecule has 0 bridgehead atoms. The van der Waals surface area contributed by atoms with Gasteiger partial charge in [0.15, 0.2) is 5.58 Å². The Balaban J connectivity index is 1.43. The van der Waals surface area contributed by atoms with Crippen molar-refractivity contribution in [2.45, 2.75) is 18.7 Å². The van der Waals surface area contributed by atoms with Crippen LogP contribution in [-0.2, 0) is 17.1 Å². The van der Waals surface area contributed by atoms with Crippen molar-refractivity contribution >= 4 is 51.7 Å².